The molecule has 1 aliphatic heterocycles. The standard InChI is InChI=1S/C26H23ClN2O3/c27-22-7-3-1-5-18(22)20(21-14-28-23-8-4-2-6-19(21)23)15-29-26(30)12-10-17-9-11-24-25(13-17)32-16-31-24/h1-9,11,13-14,20,28H,10,12,15-16H2,(H,29,30). The van der Waals surface area contributed by atoms with E-state index in [0.29, 0.717) is 24.4 Å². The van der Waals surface area contributed by atoms with Crippen molar-refractivity contribution in [3.63, 3.8) is 0 Å². The molecule has 1 atom stereocenters. The summed E-state index contributed by atoms with van der Waals surface area (Å²) in [5.41, 5.74) is 4.22. The van der Waals surface area contributed by atoms with E-state index in [-0.39, 0.29) is 18.6 Å². The molecule has 2 heterocycles. The number of rotatable bonds is 7. The highest BCUT2D eigenvalue weighted by Crippen LogP contribution is 2.34. The maximum Gasteiger partial charge on any atom is 0.231 e. The van der Waals surface area contributed by atoms with Crippen LogP contribution in [0.1, 0.15) is 29.0 Å². The van der Waals surface area contributed by atoms with Crippen molar-refractivity contribution in [2.75, 3.05) is 13.3 Å². The first kappa shape index (κ1) is 20.5. The topological polar surface area (TPSA) is 63.4 Å². The third-order valence-corrected chi connectivity index (χ3v) is 6.20. The average molecular weight is 447 g/mol. The number of amides is 1. The predicted molar refractivity (Wildman–Crippen MR) is 125 cm³/mol. The van der Waals surface area contributed by atoms with Gasteiger partial charge in [0.15, 0.2) is 11.5 Å². The highest BCUT2D eigenvalue weighted by atomic mass is 35.5. The van der Waals surface area contributed by atoms with E-state index >= 15 is 0 Å². The first-order chi connectivity index (χ1) is 15.7. The summed E-state index contributed by atoms with van der Waals surface area (Å²) in [5.74, 6) is 1.43. The molecule has 0 aliphatic carbocycles. The summed E-state index contributed by atoms with van der Waals surface area (Å²) in [6.45, 7) is 0.710. The minimum atomic E-state index is -0.0608. The Morgan fingerprint density at radius 2 is 1.81 bits per heavy atom. The number of nitrogens with one attached hydrogen (secondary N) is 2. The lowest BCUT2D eigenvalue weighted by atomic mass is 9.90. The Balaban J connectivity index is 1.31. The average Bonchev–Trinajstić information content (AvgIpc) is 3.46. The zero-order valence-electron chi connectivity index (χ0n) is 17.4. The molecule has 6 heteroatoms. The molecular weight excluding hydrogens is 424 g/mol. The molecule has 0 radical (unpaired) electrons. The lowest BCUT2D eigenvalue weighted by Crippen LogP contribution is -2.29. The third-order valence-electron chi connectivity index (χ3n) is 5.86. The summed E-state index contributed by atoms with van der Waals surface area (Å²) < 4.78 is 10.8. The minimum Gasteiger partial charge on any atom is -0.454 e. The number of aryl methyl sites for hydroxylation is 1. The molecule has 0 fully saturated rings. The number of H-pyrrole nitrogens is 1. The molecule has 1 aromatic heterocycles. The van der Waals surface area contributed by atoms with E-state index in [1.807, 2.05) is 66.9 Å². The smallest absolute Gasteiger partial charge is 0.231 e. The normalized spacial score (nSPS) is 13.3. The molecule has 1 unspecified atom stereocenters. The molecular formula is C26H23ClN2O3. The van der Waals surface area contributed by atoms with Crippen LogP contribution in [0, 0.1) is 0 Å². The Morgan fingerprint density at radius 1 is 1.00 bits per heavy atom. The number of hydrogen-bond donors (Lipinski definition) is 2. The molecule has 5 nitrogen and oxygen atoms in total. The zero-order valence-corrected chi connectivity index (χ0v) is 18.2. The van der Waals surface area contributed by atoms with Crippen LogP contribution in [0.5, 0.6) is 11.5 Å². The van der Waals surface area contributed by atoms with Crippen molar-refractivity contribution in [3.05, 3.63) is 94.6 Å². The molecule has 0 spiro atoms. The molecule has 3 aromatic carbocycles. The molecule has 1 aliphatic rings. The zero-order chi connectivity index (χ0) is 21.9. The van der Waals surface area contributed by atoms with Crippen LogP contribution in [0.4, 0.5) is 0 Å². The third kappa shape index (κ3) is 4.16. The van der Waals surface area contributed by atoms with E-state index in [1.165, 1.54) is 0 Å². The molecule has 4 aromatic rings. The van der Waals surface area contributed by atoms with Crippen LogP contribution in [0.3, 0.4) is 0 Å². The maximum absolute atomic E-state index is 12.7. The van der Waals surface area contributed by atoms with Gasteiger partial charge in [-0.15, -0.1) is 0 Å². The van der Waals surface area contributed by atoms with Gasteiger partial charge in [-0.25, -0.2) is 0 Å². The Kier molecular flexibility index (Phi) is 5.73. The number of para-hydroxylation sites is 1. The molecule has 1 amide bonds. The molecule has 2 N–H and O–H groups in total. The van der Waals surface area contributed by atoms with Crippen molar-refractivity contribution in [2.45, 2.75) is 18.8 Å². The van der Waals surface area contributed by atoms with Gasteiger partial charge in [-0.3, -0.25) is 4.79 Å². The van der Waals surface area contributed by atoms with Gasteiger partial charge in [-0.2, -0.15) is 0 Å². The van der Waals surface area contributed by atoms with Crippen molar-refractivity contribution in [1.82, 2.24) is 10.3 Å². The Morgan fingerprint density at radius 3 is 2.72 bits per heavy atom. The Bertz CT molecular complexity index is 1270. The van der Waals surface area contributed by atoms with Gasteiger partial charge in [0.2, 0.25) is 12.7 Å². The van der Waals surface area contributed by atoms with Gasteiger partial charge in [-0.05, 0) is 47.4 Å². The minimum absolute atomic E-state index is 0.000406. The number of benzene rings is 3. The Labute approximate surface area is 191 Å². The van der Waals surface area contributed by atoms with Crippen LogP contribution >= 0.6 is 11.6 Å². The first-order valence-corrected chi connectivity index (χ1v) is 11.0. The molecule has 0 saturated carbocycles. The highest BCUT2D eigenvalue weighted by molar-refractivity contribution is 6.31. The van der Waals surface area contributed by atoms with Gasteiger partial charge in [-0.1, -0.05) is 54.1 Å². The predicted octanol–water partition coefficient (Wildman–Crippen LogP) is 5.43. The van der Waals surface area contributed by atoms with Crippen LogP contribution < -0.4 is 14.8 Å². The quantitative estimate of drug-likeness (QED) is 0.398. The molecule has 0 bridgehead atoms. The van der Waals surface area contributed by atoms with E-state index in [2.05, 4.69) is 16.4 Å². The van der Waals surface area contributed by atoms with Gasteiger partial charge in [0.1, 0.15) is 0 Å². The largest absolute Gasteiger partial charge is 0.454 e. The second-order valence-electron chi connectivity index (χ2n) is 7.86. The van der Waals surface area contributed by atoms with E-state index in [1.54, 1.807) is 0 Å². The van der Waals surface area contributed by atoms with E-state index in [0.717, 1.165) is 39.1 Å². The molecule has 0 saturated heterocycles. The summed E-state index contributed by atoms with van der Waals surface area (Å²) in [7, 11) is 0. The van der Waals surface area contributed by atoms with Crippen molar-refractivity contribution < 1.29 is 14.3 Å². The summed E-state index contributed by atoms with van der Waals surface area (Å²) in [5, 5.41) is 4.94. The van der Waals surface area contributed by atoms with Crippen LogP contribution in [-0.2, 0) is 11.2 Å². The van der Waals surface area contributed by atoms with Crippen molar-refractivity contribution in [2.24, 2.45) is 0 Å². The highest BCUT2D eigenvalue weighted by Gasteiger charge is 2.21. The number of aromatic nitrogens is 1. The summed E-state index contributed by atoms with van der Waals surface area (Å²) >= 11 is 6.55. The number of hydrogen-bond acceptors (Lipinski definition) is 3. The second-order valence-corrected chi connectivity index (χ2v) is 8.26. The summed E-state index contributed by atoms with van der Waals surface area (Å²) in [6.07, 6.45) is 3.03. The second kappa shape index (κ2) is 8.97. The summed E-state index contributed by atoms with van der Waals surface area (Å²) in [4.78, 5) is 16.0. The van der Waals surface area contributed by atoms with E-state index in [9.17, 15) is 4.79 Å². The Hall–Kier alpha value is -3.44. The number of carbonyl (C=O) groups is 1. The summed E-state index contributed by atoms with van der Waals surface area (Å²) in [6, 6.07) is 21.8. The van der Waals surface area contributed by atoms with E-state index < -0.39 is 0 Å². The van der Waals surface area contributed by atoms with Crippen LogP contribution in [-0.4, -0.2) is 24.2 Å². The lowest BCUT2D eigenvalue weighted by molar-refractivity contribution is -0.121. The number of ether oxygens (including phenoxy) is 2. The van der Waals surface area contributed by atoms with Crippen molar-refractivity contribution >= 4 is 28.4 Å². The van der Waals surface area contributed by atoms with Crippen LogP contribution in [0.2, 0.25) is 5.02 Å². The van der Waals surface area contributed by atoms with Gasteiger partial charge >= 0.3 is 0 Å². The maximum atomic E-state index is 12.7. The van der Waals surface area contributed by atoms with Gasteiger partial charge in [0.25, 0.3) is 0 Å². The van der Waals surface area contributed by atoms with Crippen LogP contribution in [0.15, 0.2) is 72.9 Å². The number of aromatic amines is 1. The van der Waals surface area contributed by atoms with E-state index in [4.69, 9.17) is 21.1 Å². The number of carbonyl (C=O) groups excluding carboxylic acids is 1. The van der Waals surface area contributed by atoms with Gasteiger partial charge < -0.3 is 19.8 Å². The lowest BCUT2D eigenvalue weighted by Gasteiger charge is -2.19. The van der Waals surface area contributed by atoms with Crippen molar-refractivity contribution in [3.8, 4) is 11.5 Å². The molecule has 5 rings (SSSR count). The fraction of sp³-hybridized carbons (Fsp3) is 0.192. The SMILES string of the molecule is O=C(CCc1ccc2c(c1)OCO2)NCC(c1ccccc1Cl)c1c[nH]c2ccccc12. The molecule has 162 valence electrons. The van der Waals surface area contributed by atoms with Crippen LogP contribution in [0.25, 0.3) is 10.9 Å². The molecule has 32 heavy (non-hydrogen) atoms. The first-order valence-electron chi connectivity index (χ1n) is 10.6. The number of halogens is 1. The van der Waals surface area contributed by atoms with Gasteiger partial charge in [0, 0.05) is 41.0 Å². The fourth-order valence-electron chi connectivity index (χ4n) is 4.19. The van der Waals surface area contributed by atoms with Crippen molar-refractivity contribution in [1.29, 1.82) is 0 Å². The van der Waals surface area contributed by atoms with Gasteiger partial charge in [0.05, 0.1) is 0 Å². The number of fused-ring (bicyclic) bond motifs is 2. The fourth-order valence-corrected chi connectivity index (χ4v) is 4.45. The monoisotopic (exact) mass is 446 g/mol.